The zero-order valence-electron chi connectivity index (χ0n) is 10.3. The first-order valence-corrected chi connectivity index (χ1v) is 6.87. The van der Waals surface area contributed by atoms with Crippen molar-refractivity contribution in [3.05, 3.63) is 34.9 Å². The van der Waals surface area contributed by atoms with Gasteiger partial charge in [-0.3, -0.25) is 4.79 Å². The summed E-state index contributed by atoms with van der Waals surface area (Å²) in [5.74, 6) is 0.261. The van der Waals surface area contributed by atoms with E-state index in [1.165, 1.54) is 0 Å². The molecule has 2 fully saturated rings. The van der Waals surface area contributed by atoms with Crippen LogP contribution in [0.5, 0.6) is 0 Å². The molecule has 0 aromatic heterocycles. The van der Waals surface area contributed by atoms with E-state index in [1.807, 2.05) is 29.2 Å². The van der Waals surface area contributed by atoms with Crippen LogP contribution in [0.4, 0.5) is 0 Å². The van der Waals surface area contributed by atoms with Crippen LogP contribution < -0.4 is 5.32 Å². The molecule has 1 saturated heterocycles. The summed E-state index contributed by atoms with van der Waals surface area (Å²) < 4.78 is 0. The second kappa shape index (κ2) is 4.56. The minimum atomic E-state index is -0.324. The van der Waals surface area contributed by atoms with Crippen molar-refractivity contribution in [1.29, 1.82) is 0 Å². The third-order valence-electron chi connectivity index (χ3n) is 3.95. The lowest BCUT2D eigenvalue weighted by atomic mass is 9.94. The molecule has 96 valence electrons. The second-order valence-corrected chi connectivity index (χ2v) is 5.51. The predicted octanol–water partition coefficient (Wildman–Crippen LogP) is 1.80. The Bertz CT molecular complexity index is 465. The summed E-state index contributed by atoms with van der Waals surface area (Å²) in [4.78, 5) is 14.7. The Balaban J connectivity index is 1.86. The highest BCUT2D eigenvalue weighted by Gasteiger charge is 2.53. The van der Waals surface area contributed by atoms with E-state index in [-0.39, 0.29) is 11.3 Å². The molecule has 1 aliphatic carbocycles. The van der Waals surface area contributed by atoms with Crippen LogP contribution in [0.25, 0.3) is 0 Å². The molecule has 0 bridgehead atoms. The van der Waals surface area contributed by atoms with Gasteiger partial charge in [-0.25, -0.2) is 0 Å². The summed E-state index contributed by atoms with van der Waals surface area (Å²) in [6.07, 6.45) is 1.86. The molecular weight excluding hydrogens is 248 g/mol. The van der Waals surface area contributed by atoms with Crippen molar-refractivity contribution in [3.63, 3.8) is 0 Å². The highest BCUT2D eigenvalue weighted by Crippen LogP contribution is 2.51. The van der Waals surface area contributed by atoms with Crippen molar-refractivity contribution in [2.24, 2.45) is 0 Å². The molecule has 1 amide bonds. The average molecular weight is 265 g/mol. The largest absolute Gasteiger partial charge is 0.339 e. The monoisotopic (exact) mass is 264 g/mol. The Morgan fingerprint density at radius 2 is 1.89 bits per heavy atom. The quantitative estimate of drug-likeness (QED) is 0.884. The molecule has 0 spiro atoms. The highest BCUT2D eigenvalue weighted by atomic mass is 35.5. The van der Waals surface area contributed by atoms with Crippen molar-refractivity contribution in [2.75, 3.05) is 26.2 Å². The van der Waals surface area contributed by atoms with E-state index >= 15 is 0 Å². The molecule has 1 aromatic carbocycles. The van der Waals surface area contributed by atoms with Crippen LogP contribution in [-0.2, 0) is 10.2 Å². The van der Waals surface area contributed by atoms with Gasteiger partial charge in [0.1, 0.15) is 0 Å². The summed E-state index contributed by atoms with van der Waals surface area (Å²) in [5.41, 5.74) is 0.686. The van der Waals surface area contributed by atoms with Gasteiger partial charge in [0.05, 0.1) is 5.41 Å². The van der Waals surface area contributed by atoms with Gasteiger partial charge >= 0.3 is 0 Å². The Labute approximate surface area is 112 Å². The van der Waals surface area contributed by atoms with E-state index in [0.29, 0.717) is 0 Å². The lowest BCUT2D eigenvalue weighted by molar-refractivity contribution is -0.134. The first-order valence-electron chi connectivity index (χ1n) is 6.49. The van der Waals surface area contributed by atoms with Crippen molar-refractivity contribution in [3.8, 4) is 0 Å². The average Bonchev–Trinajstić information content (AvgIpc) is 3.21. The molecule has 2 aliphatic rings. The normalized spacial score (nSPS) is 21.7. The number of benzene rings is 1. The number of halogens is 1. The molecular formula is C14H17ClN2O. The third-order valence-corrected chi connectivity index (χ3v) is 4.28. The van der Waals surface area contributed by atoms with Crippen molar-refractivity contribution < 1.29 is 4.79 Å². The molecule has 0 atom stereocenters. The molecule has 1 heterocycles. The summed E-state index contributed by atoms with van der Waals surface area (Å²) in [6.45, 7) is 3.41. The van der Waals surface area contributed by atoms with Gasteiger partial charge in [-0.2, -0.15) is 0 Å². The molecule has 0 unspecified atom stereocenters. The second-order valence-electron chi connectivity index (χ2n) is 5.10. The standard InChI is InChI=1S/C14H17ClN2O/c15-12-4-2-1-3-11(12)14(5-6-14)13(18)17-9-7-16-8-10-17/h1-4,16H,5-10H2. The number of nitrogens with one attached hydrogen (secondary N) is 1. The number of hydrogen-bond acceptors (Lipinski definition) is 2. The number of hydrogen-bond donors (Lipinski definition) is 1. The van der Waals surface area contributed by atoms with Crippen LogP contribution in [0.3, 0.4) is 0 Å². The third kappa shape index (κ3) is 1.91. The number of amides is 1. The number of piperazine rings is 1. The molecule has 1 aromatic rings. The minimum Gasteiger partial charge on any atom is -0.339 e. The Hall–Kier alpha value is -1.06. The fourth-order valence-corrected chi connectivity index (χ4v) is 3.06. The molecule has 3 nitrogen and oxygen atoms in total. The summed E-state index contributed by atoms with van der Waals surface area (Å²) >= 11 is 6.25. The van der Waals surface area contributed by atoms with Gasteiger partial charge in [0.25, 0.3) is 0 Å². The van der Waals surface area contributed by atoms with Gasteiger partial charge in [0.2, 0.25) is 5.91 Å². The molecule has 0 radical (unpaired) electrons. The van der Waals surface area contributed by atoms with Gasteiger partial charge < -0.3 is 10.2 Å². The zero-order valence-corrected chi connectivity index (χ0v) is 11.0. The van der Waals surface area contributed by atoms with Crippen molar-refractivity contribution in [2.45, 2.75) is 18.3 Å². The SMILES string of the molecule is O=C(N1CCNCC1)C1(c2ccccc2Cl)CC1. The first kappa shape index (κ1) is 12.0. The van der Waals surface area contributed by atoms with E-state index in [2.05, 4.69) is 5.32 Å². The number of carbonyl (C=O) groups excluding carboxylic acids is 1. The maximum Gasteiger partial charge on any atom is 0.233 e. The fraction of sp³-hybridized carbons (Fsp3) is 0.500. The maximum absolute atomic E-state index is 12.7. The number of rotatable bonds is 2. The van der Waals surface area contributed by atoms with Crippen LogP contribution in [0.2, 0.25) is 5.02 Å². The van der Waals surface area contributed by atoms with Crippen LogP contribution in [0.15, 0.2) is 24.3 Å². The van der Waals surface area contributed by atoms with Crippen LogP contribution in [0, 0.1) is 0 Å². The summed E-state index contributed by atoms with van der Waals surface area (Å²) in [6, 6.07) is 7.75. The molecule has 18 heavy (non-hydrogen) atoms. The molecule has 1 aliphatic heterocycles. The first-order chi connectivity index (χ1) is 8.74. The predicted molar refractivity (Wildman–Crippen MR) is 71.8 cm³/mol. The molecule has 1 N–H and O–H groups in total. The van der Waals surface area contributed by atoms with Gasteiger partial charge in [0.15, 0.2) is 0 Å². The van der Waals surface area contributed by atoms with Gasteiger partial charge in [0, 0.05) is 31.2 Å². The van der Waals surface area contributed by atoms with E-state index < -0.39 is 0 Å². The molecule has 4 heteroatoms. The Kier molecular flexibility index (Phi) is 3.04. The van der Waals surface area contributed by atoms with E-state index in [0.717, 1.165) is 49.6 Å². The van der Waals surface area contributed by atoms with E-state index in [4.69, 9.17) is 11.6 Å². The fourth-order valence-electron chi connectivity index (χ4n) is 2.74. The minimum absolute atomic E-state index is 0.261. The lowest BCUT2D eigenvalue weighted by Crippen LogP contribution is -2.49. The summed E-state index contributed by atoms with van der Waals surface area (Å²) in [7, 11) is 0. The van der Waals surface area contributed by atoms with Crippen LogP contribution in [-0.4, -0.2) is 37.0 Å². The zero-order chi connectivity index (χ0) is 12.6. The van der Waals surface area contributed by atoms with E-state index in [1.54, 1.807) is 0 Å². The lowest BCUT2D eigenvalue weighted by Gasteiger charge is -2.31. The van der Waals surface area contributed by atoms with Crippen LogP contribution >= 0.6 is 11.6 Å². The number of carbonyl (C=O) groups is 1. The van der Waals surface area contributed by atoms with Gasteiger partial charge in [-0.15, -0.1) is 0 Å². The van der Waals surface area contributed by atoms with Crippen molar-refractivity contribution in [1.82, 2.24) is 10.2 Å². The van der Waals surface area contributed by atoms with E-state index in [9.17, 15) is 4.79 Å². The van der Waals surface area contributed by atoms with Gasteiger partial charge in [-0.05, 0) is 24.5 Å². The Morgan fingerprint density at radius 1 is 1.22 bits per heavy atom. The van der Waals surface area contributed by atoms with Gasteiger partial charge in [-0.1, -0.05) is 29.8 Å². The molecule has 3 rings (SSSR count). The Morgan fingerprint density at radius 3 is 2.50 bits per heavy atom. The highest BCUT2D eigenvalue weighted by molar-refractivity contribution is 6.31. The smallest absolute Gasteiger partial charge is 0.233 e. The number of nitrogens with zero attached hydrogens (tertiary/aromatic N) is 1. The van der Waals surface area contributed by atoms with Crippen molar-refractivity contribution >= 4 is 17.5 Å². The van der Waals surface area contributed by atoms with Crippen LogP contribution in [0.1, 0.15) is 18.4 Å². The molecule has 1 saturated carbocycles. The maximum atomic E-state index is 12.7. The topological polar surface area (TPSA) is 32.3 Å². The summed E-state index contributed by atoms with van der Waals surface area (Å²) in [5, 5.41) is 3.99.